The molecule has 0 aromatic heterocycles. The van der Waals surface area contributed by atoms with Crippen LogP contribution in [0.5, 0.6) is 0 Å². The van der Waals surface area contributed by atoms with E-state index in [9.17, 15) is 19.5 Å². The highest BCUT2D eigenvalue weighted by Gasteiger charge is 2.43. The van der Waals surface area contributed by atoms with Crippen molar-refractivity contribution in [2.24, 2.45) is 5.92 Å². The van der Waals surface area contributed by atoms with Crippen molar-refractivity contribution in [3.63, 3.8) is 0 Å². The van der Waals surface area contributed by atoms with Crippen LogP contribution in [0.25, 0.3) is 0 Å². The Kier molecular flexibility index (Phi) is 6.01. The molecular formula is C17H22N2O4S. The zero-order valence-electron chi connectivity index (χ0n) is 14.1. The first-order valence-corrected chi connectivity index (χ1v) is 8.79. The quantitative estimate of drug-likeness (QED) is 0.601. The molecule has 2 atom stereocenters. The number of carboxylic acid groups (broad SMARTS) is 1. The summed E-state index contributed by atoms with van der Waals surface area (Å²) in [5.74, 6) is -1.98. The van der Waals surface area contributed by atoms with E-state index in [0.717, 1.165) is 29.3 Å². The molecule has 1 aliphatic rings. The second-order valence-electron chi connectivity index (χ2n) is 5.69. The van der Waals surface area contributed by atoms with Gasteiger partial charge in [-0.25, -0.2) is 9.10 Å². The minimum absolute atomic E-state index is 0.0308. The maximum atomic E-state index is 12.7. The minimum atomic E-state index is -1.08. The Balaban J connectivity index is 2.20. The summed E-state index contributed by atoms with van der Waals surface area (Å²) in [6, 6.07) is 6.35. The van der Waals surface area contributed by atoms with Crippen LogP contribution < -0.4 is 0 Å². The number of rotatable bonds is 7. The van der Waals surface area contributed by atoms with Gasteiger partial charge in [-0.3, -0.25) is 9.59 Å². The summed E-state index contributed by atoms with van der Waals surface area (Å²) in [6.45, 7) is 7.63. The first-order chi connectivity index (χ1) is 11.4. The van der Waals surface area contributed by atoms with Crippen LogP contribution in [0.3, 0.4) is 0 Å². The van der Waals surface area contributed by atoms with Gasteiger partial charge in [0.2, 0.25) is 11.8 Å². The molecule has 2 amide bonds. The topological polar surface area (TPSA) is 77.9 Å². The maximum absolute atomic E-state index is 12.7. The summed E-state index contributed by atoms with van der Waals surface area (Å²) in [4.78, 5) is 38.8. The SMILES string of the molecule is CCN(CC)C(C)C1CC(=O)N(Sc2ccccc2C(=O)O)C1=O. The van der Waals surface area contributed by atoms with Crippen molar-refractivity contribution in [3.05, 3.63) is 29.8 Å². The zero-order valence-corrected chi connectivity index (χ0v) is 14.9. The number of hydrogen-bond donors (Lipinski definition) is 1. The highest BCUT2D eigenvalue weighted by atomic mass is 32.2. The number of carbonyl (C=O) groups excluding carboxylic acids is 2. The molecule has 1 aromatic carbocycles. The molecule has 1 heterocycles. The van der Waals surface area contributed by atoms with Crippen molar-refractivity contribution in [1.29, 1.82) is 0 Å². The van der Waals surface area contributed by atoms with Gasteiger partial charge in [-0.1, -0.05) is 26.0 Å². The predicted molar refractivity (Wildman–Crippen MR) is 91.6 cm³/mol. The monoisotopic (exact) mass is 350 g/mol. The Morgan fingerprint density at radius 3 is 2.54 bits per heavy atom. The van der Waals surface area contributed by atoms with Gasteiger partial charge in [-0.05, 0) is 44.1 Å². The number of carboxylic acids is 1. The summed E-state index contributed by atoms with van der Waals surface area (Å²) in [5, 5.41) is 9.24. The number of aromatic carboxylic acids is 1. The van der Waals surface area contributed by atoms with Gasteiger partial charge in [0.05, 0.1) is 11.5 Å². The lowest BCUT2D eigenvalue weighted by molar-refractivity contribution is -0.133. The number of benzene rings is 1. The largest absolute Gasteiger partial charge is 0.478 e. The Morgan fingerprint density at radius 2 is 1.96 bits per heavy atom. The van der Waals surface area contributed by atoms with Crippen LogP contribution in [-0.2, 0) is 9.59 Å². The molecule has 2 unspecified atom stereocenters. The average Bonchev–Trinajstić information content (AvgIpc) is 2.84. The van der Waals surface area contributed by atoms with Crippen LogP contribution in [0.1, 0.15) is 37.6 Å². The lowest BCUT2D eigenvalue weighted by atomic mass is 9.98. The van der Waals surface area contributed by atoms with Gasteiger partial charge < -0.3 is 10.0 Å². The number of imide groups is 1. The van der Waals surface area contributed by atoms with Gasteiger partial charge in [-0.2, -0.15) is 0 Å². The molecule has 2 rings (SSSR count). The minimum Gasteiger partial charge on any atom is -0.478 e. The lowest BCUT2D eigenvalue weighted by Gasteiger charge is -2.29. The normalized spacial score (nSPS) is 19.2. The third-order valence-corrected chi connectivity index (χ3v) is 5.54. The number of amides is 2. The van der Waals surface area contributed by atoms with Crippen molar-refractivity contribution >= 4 is 29.7 Å². The fraction of sp³-hybridized carbons (Fsp3) is 0.471. The lowest BCUT2D eigenvalue weighted by Crippen LogP contribution is -2.41. The number of carbonyl (C=O) groups is 3. The van der Waals surface area contributed by atoms with E-state index in [1.807, 2.05) is 20.8 Å². The smallest absolute Gasteiger partial charge is 0.336 e. The van der Waals surface area contributed by atoms with Crippen LogP contribution in [0, 0.1) is 5.92 Å². The van der Waals surface area contributed by atoms with Crippen LogP contribution in [0.15, 0.2) is 29.2 Å². The van der Waals surface area contributed by atoms with Crippen molar-refractivity contribution in [2.45, 2.75) is 38.1 Å². The molecule has 1 aromatic rings. The first kappa shape index (κ1) is 18.5. The molecule has 7 heteroatoms. The van der Waals surface area contributed by atoms with E-state index in [1.54, 1.807) is 18.2 Å². The molecule has 0 saturated carbocycles. The van der Waals surface area contributed by atoms with E-state index in [-0.39, 0.29) is 35.8 Å². The molecule has 1 aliphatic heterocycles. The molecule has 130 valence electrons. The van der Waals surface area contributed by atoms with Crippen molar-refractivity contribution in [2.75, 3.05) is 13.1 Å². The van der Waals surface area contributed by atoms with E-state index in [0.29, 0.717) is 4.90 Å². The van der Waals surface area contributed by atoms with Gasteiger partial charge in [0.1, 0.15) is 0 Å². The fourth-order valence-electron chi connectivity index (χ4n) is 2.98. The summed E-state index contributed by atoms with van der Waals surface area (Å²) in [5.41, 5.74) is 0.0864. The van der Waals surface area contributed by atoms with Gasteiger partial charge in [0.25, 0.3) is 0 Å². The fourth-order valence-corrected chi connectivity index (χ4v) is 3.97. The Bertz CT molecular complexity index is 645. The standard InChI is InChI=1S/C17H22N2O4S/c1-4-18(5-2)11(3)13-10-15(20)19(16(13)21)24-14-9-7-6-8-12(14)17(22)23/h6-9,11,13H,4-5,10H2,1-3H3,(H,22,23). The Morgan fingerprint density at radius 1 is 1.33 bits per heavy atom. The van der Waals surface area contributed by atoms with Gasteiger partial charge in [-0.15, -0.1) is 0 Å². The highest BCUT2D eigenvalue weighted by Crippen LogP contribution is 2.35. The summed E-state index contributed by atoms with van der Waals surface area (Å²) in [6.07, 6.45) is 0.165. The Labute approximate surface area is 145 Å². The third kappa shape index (κ3) is 3.62. The third-order valence-electron chi connectivity index (χ3n) is 4.42. The van der Waals surface area contributed by atoms with Crippen LogP contribution in [0.2, 0.25) is 0 Å². The molecule has 1 N–H and O–H groups in total. The second kappa shape index (κ2) is 7.81. The van der Waals surface area contributed by atoms with Crippen molar-refractivity contribution in [3.8, 4) is 0 Å². The average molecular weight is 350 g/mol. The van der Waals surface area contributed by atoms with Gasteiger partial charge in [0, 0.05) is 17.4 Å². The van der Waals surface area contributed by atoms with Crippen LogP contribution in [0.4, 0.5) is 0 Å². The van der Waals surface area contributed by atoms with E-state index >= 15 is 0 Å². The Hall–Kier alpha value is -1.86. The molecule has 0 aliphatic carbocycles. The van der Waals surface area contributed by atoms with E-state index < -0.39 is 5.97 Å². The van der Waals surface area contributed by atoms with Crippen molar-refractivity contribution < 1.29 is 19.5 Å². The van der Waals surface area contributed by atoms with Crippen LogP contribution >= 0.6 is 11.9 Å². The van der Waals surface area contributed by atoms with Crippen molar-refractivity contribution in [1.82, 2.24) is 9.21 Å². The number of hydrogen-bond acceptors (Lipinski definition) is 5. The van der Waals surface area contributed by atoms with E-state index in [1.165, 1.54) is 6.07 Å². The van der Waals surface area contributed by atoms with E-state index in [2.05, 4.69) is 4.90 Å². The molecule has 0 radical (unpaired) electrons. The van der Waals surface area contributed by atoms with E-state index in [4.69, 9.17) is 0 Å². The van der Waals surface area contributed by atoms with Gasteiger partial charge in [0.15, 0.2) is 0 Å². The molecule has 1 saturated heterocycles. The summed E-state index contributed by atoms with van der Waals surface area (Å²) in [7, 11) is 0. The molecule has 1 fully saturated rings. The predicted octanol–water partition coefficient (Wildman–Crippen LogP) is 2.50. The summed E-state index contributed by atoms with van der Waals surface area (Å²) >= 11 is 0.905. The van der Waals surface area contributed by atoms with Crippen LogP contribution in [-0.4, -0.2) is 51.2 Å². The molecule has 0 bridgehead atoms. The van der Waals surface area contributed by atoms with Gasteiger partial charge >= 0.3 is 5.97 Å². The molecular weight excluding hydrogens is 328 g/mol. The number of nitrogens with zero attached hydrogens (tertiary/aromatic N) is 2. The molecule has 6 nitrogen and oxygen atoms in total. The molecule has 0 spiro atoms. The zero-order chi connectivity index (χ0) is 17.9. The summed E-state index contributed by atoms with van der Waals surface area (Å²) < 4.78 is 1.12. The highest BCUT2D eigenvalue weighted by molar-refractivity contribution is 7.98. The maximum Gasteiger partial charge on any atom is 0.336 e. The second-order valence-corrected chi connectivity index (χ2v) is 6.68. The first-order valence-electron chi connectivity index (χ1n) is 8.01. The molecule has 24 heavy (non-hydrogen) atoms.